The van der Waals surface area contributed by atoms with Crippen LogP contribution in [0.4, 0.5) is 9.18 Å². The number of benzene rings is 2. The van der Waals surface area contributed by atoms with Crippen LogP contribution in [-0.2, 0) is 26.0 Å². The number of rotatable bonds is 8. The quantitative estimate of drug-likeness (QED) is 0.557. The lowest BCUT2D eigenvalue weighted by Gasteiger charge is -2.25. The third-order valence-corrected chi connectivity index (χ3v) is 7.36. The molecule has 0 radical (unpaired) electrons. The fourth-order valence-corrected chi connectivity index (χ4v) is 5.33. The Morgan fingerprint density at radius 3 is 2.49 bits per heavy atom. The Morgan fingerprint density at radius 2 is 1.89 bits per heavy atom. The Kier molecular flexibility index (Phi) is 8.07. The van der Waals surface area contributed by atoms with Crippen molar-refractivity contribution < 1.29 is 37.0 Å². The van der Waals surface area contributed by atoms with E-state index in [4.69, 9.17) is 4.74 Å². The first-order valence-corrected chi connectivity index (χ1v) is 12.2. The highest BCUT2D eigenvalue weighted by Crippen LogP contribution is 2.27. The van der Waals surface area contributed by atoms with E-state index in [0.29, 0.717) is 12.0 Å². The van der Waals surface area contributed by atoms with E-state index in [1.165, 1.54) is 43.3 Å². The molecule has 0 aliphatic carbocycles. The van der Waals surface area contributed by atoms with Crippen molar-refractivity contribution >= 4 is 28.0 Å². The molecular formula is C23H26FN3O7S. The molecule has 3 rings (SSSR count). The van der Waals surface area contributed by atoms with Gasteiger partial charge in [0.1, 0.15) is 23.7 Å². The third-order valence-electron chi connectivity index (χ3n) is 5.46. The molecule has 0 unspecified atom stereocenters. The molecule has 35 heavy (non-hydrogen) atoms. The minimum Gasteiger partial charge on any atom is -0.480 e. The number of carboxylic acid groups (broad SMARTS) is 1. The Hall–Kier alpha value is -3.51. The van der Waals surface area contributed by atoms with E-state index in [1.807, 2.05) is 0 Å². The molecule has 1 aliphatic rings. The fraction of sp³-hybridized carbons (Fsp3) is 0.348. The Labute approximate surface area is 202 Å². The predicted molar refractivity (Wildman–Crippen MR) is 123 cm³/mol. The molecule has 188 valence electrons. The predicted octanol–water partition coefficient (Wildman–Crippen LogP) is 1.85. The van der Waals surface area contributed by atoms with Gasteiger partial charge in [-0.25, -0.2) is 22.4 Å². The number of ether oxygens (including phenoxy) is 1. The summed E-state index contributed by atoms with van der Waals surface area (Å²) in [5.41, 5.74) is 0.554. The lowest BCUT2D eigenvalue weighted by Crippen LogP contribution is -2.51. The van der Waals surface area contributed by atoms with Crippen molar-refractivity contribution in [1.29, 1.82) is 0 Å². The maximum Gasteiger partial charge on any atom is 0.414 e. The van der Waals surface area contributed by atoms with Gasteiger partial charge >= 0.3 is 12.1 Å². The SMILES string of the molecule is CN(C)C(=O)Oc1ccc(C[C@H](NC(=O)[C@@H]2CCCN2S(=O)(=O)c2cccc(F)c2)C(=O)O)cc1. The van der Waals surface area contributed by atoms with E-state index in [1.54, 1.807) is 12.1 Å². The van der Waals surface area contributed by atoms with Gasteiger partial charge in [-0.2, -0.15) is 4.31 Å². The summed E-state index contributed by atoms with van der Waals surface area (Å²) in [7, 11) is -1.08. The van der Waals surface area contributed by atoms with E-state index in [-0.39, 0.29) is 30.0 Å². The number of halogens is 1. The second-order valence-electron chi connectivity index (χ2n) is 8.24. The van der Waals surface area contributed by atoms with E-state index < -0.39 is 45.9 Å². The highest BCUT2D eigenvalue weighted by atomic mass is 32.2. The zero-order chi connectivity index (χ0) is 25.8. The van der Waals surface area contributed by atoms with E-state index >= 15 is 0 Å². The standard InChI is InChI=1S/C23H26FN3O7S/c1-26(2)23(31)34-17-10-8-15(9-11-17)13-19(22(29)30)25-21(28)20-7-4-12-27(20)35(32,33)18-6-3-5-16(24)14-18/h3,5-6,8-11,14,19-20H,4,7,12-13H2,1-2H3,(H,25,28)(H,29,30)/t19-,20-/m0/s1. The second-order valence-corrected chi connectivity index (χ2v) is 10.1. The van der Waals surface area contributed by atoms with Crippen molar-refractivity contribution in [2.24, 2.45) is 0 Å². The summed E-state index contributed by atoms with van der Waals surface area (Å²) in [5, 5.41) is 12.1. The molecule has 1 saturated heterocycles. The van der Waals surface area contributed by atoms with Gasteiger partial charge in [-0.3, -0.25) is 4.79 Å². The molecule has 10 nitrogen and oxygen atoms in total. The molecule has 0 aromatic heterocycles. The van der Waals surface area contributed by atoms with Gasteiger partial charge < -0.3 is 20.1 Å². The molecule has 0 bridgehead atoms. The van der Waals surface area contributed by atoms with Crippen LogP contribution in [0.25, 0.3) is 0 Å². The van der Waals surface area contributed by atoms with Crippen molar-refractivity contribution in [3.8, 4) is 5.75 Å². The number of carboxylic acids is 1. The van der Waals surface area contributed by atoms with Crippen LogP contribution in [0.1, 0.15) is 18.4 Å². The lowest BCUT2D eigenvalue weighted by molar-refractivity contribution is -0.142. The van der Waals surface area contributed by atoms with Gasteiger partial charge in [-0.15, -0.1) is 0 Å². The van der Waals surface area contributed by atoms with Crippen molar-refractivity contribution in [2.75, 3.05) is 20.6 Å². The minimum absolute atomic E-state index is 0.0573. The zero-order valence-corrected chi connectivity index (χ0v) is 20.0. The summed E-state index contributed by atoms with van der Waals surface area (Å²) in [6, 6.07) is 8.20. The number of hydrogen-bond acceptors (Lipinski definition) is 6. The highest BCUT2D eigenvalue weighted by Gasteiger charge is 2.40. The number of sulfonamides is 1. The average Bonchev–Trinajstić information content (AvgIpc) is 3.31. The molecule has 2 N–H and O–H groups in total. The number of aliphatic carboxylic acids is 1. The summed E-state index contributed by atoms with van der Waals surface area (Å²) in [6.45, 7) is 0.0573. The van der Waals surface area contributed by atoms with Crippen molar-refractivity contribution in [1.82, 2.24) is 14.5 Å². The van der Waals surface area contributed by atoms with Crippen LogP contribution < -0.4 is 10.1 Å². The van der Waals surface area contributed by atoms with Gasteiger partial charge in [0.2, 0.25) is 15.9 Å². The van der Waals surface area contributed by atoms with E-state index in [9.17, 15) is 32.3 Å². The maximum atomic E-state index is 13.6. The summed E-state index contributed by atoms with van der Waals surface area (Å²) in [6.07, 6.45) is -0.0366. The number of nitrogens with one attached hydrogen (secondary N) is 1. The number of hydrogen-bond donors (Lipinski definition) is 2. The molecule has 0 spiro atoms. The van der Waals surface area contributed by atoms with E-state index in [0.717, 1.165) is 16.4 Å². The van der Waals surface area contributed by atoms with Gasteiger partial charge in [0.15, 0.2) is 0 Å². The van der Waals surface area contributed by atoms with Crippen LogP contribution in [0, 0.1) is 5.82 Å². The molecule has 2 aromatic rings. The Morgan fingerprint density at radius 1 is 1.20 bits per heavy atom. The number of carbonyl (C=O) groups is 3. The fourth-order valence-electron chi connectivity index (χ4n) is 3.64. The van der Waals surface area contributed by atoms with Crippen LogP contribution in [-0.4, -0.2) is 73.4 Å². The van der Waals surface area contributed by atoms with Crippen molar-refractivity contribution in [3.05, 3.63) is 59.9 Å². The number of amides is 2. The summed E-state index contributed by atoms with van der Waals surface area (Å²) >= 11 is 0. The Bertz CT molecular complexity index is 1200. The molecule has 1 heterocycles. The highest BCUT2D eigenvalue weighted by molar-refractivity contribution is 7.89. The van der Waals surface area contributed by atoms with Crippen LogP contribution in [0.3, 0.4) is 0 Å². The molecule has 1 fully saturated rings. The number of nitrogens with zero attached hydrogens (tertiary/aromatic N) is 2. The van der Waals surface area contributed by atoms with Crippen LogP contribution in [0.15, 0.2) is 53.4 Å². The largest absolute Gasteiger partial charge is 0.480 e. The van der Waals surface area contributed by atoms with Gasteiger partial charge in [0.25, 0.3) is 0 Å². The van der Waals surface area contributed by atoms with Crippen molar-refractivity contribution in [2.45, 2.75) is 36.2 Å². The van der Waals surface area contributed by atoms with Gasteiger partial charge in [-0.1, -0.05) is 18.2 Å². The van der Waals surface area contributed by atoms with Crippen molar-refractivity contribution in [3.63, 3.8) is 0 Å². The van der Waals surface area contributed by atoms with Crippen LogP contribution >= 0.6 is 0 Å². The molecule has 2 amide bonds. The van der Waals surface area contributed by atoms with E-state index in [2.05, 4.69) is 5.32 Å². The minimum atomic E-state index is -4.15. The maximum absolute atomic E-state index is 13.6. The smallest absolute Gasteiger partial charge is 0.414 e. The molecule has 2 atom stereocenters. The molecule has 1 aliphatic heterocycles. The molecular weight excluding hydrogens is 481 g/mol. The van der Waals surface area contributed by atoms with Crippen LogP contribution in [0.2, 0.25) is 0 Å². The number of carbonyl (C=O) groups excluding carboxylic acids is 2. The monoisotopic (exact) mass is 507 g/mol. The third kappa shape index (κ3) is 6.34. The van der Waals surface area contributed by atoms with Crippen LogP contribution in [0.5, 0.6) is 5.75 Å². The first kappa shape index (κ1) is 26.1. The molecule has 12 heteroatoms. The lowest BCUT2D eigenvalue weighted by atomic mass is 10.1. The van der Waals surface area contributed by atoms with Gasteiger partial charge in [0.05, 0.1) is 4.90 Å². The van der Waals surface area contributed by atoms with Gasteiger partial charge in [0, 0.05) is 27.1 Å². The summed E-state index contributed by atoms with van der Waals surface area (Å²) in [4.78, 5) is 37.4. The normalized spacial score (nSPS) is 16.9. The van der Waals surface area contributed by atoms with Gasteiger partial charge in [-0.05, 0) is 48.7 Å². The molecule has 2 aromatic carbocycles. The Balaban J connectivity index is 1.70. The topological polar surface area (TPSA) is 133 Å². The average molecular weight is 508 g/mol. The summed E-state index contributed by atoms with van der Waals surface area (Å²) in [5.74, 6) is -2.49. The first-order chi connectivity index (χ1) is 16.5. The summed E-state index contributed by atoms with van der Waals surface area (Å²) < 4.78 is 45.6. The second kappa shape index (κ2) is 10.8. The molecule has 0 saturated carbocycles. The first-order valence-electron chi connectivity index (χ1n) is 10.8. The zero-order valence-electron chi connectivity index (χ0n) is 19.2.